The second-order valence-corrected chi connectivity index (χ2v) is 10.2. The largest absolute Gasteiger partial charge is 0.573 e. The molecule has 3 aromatic carbocycles. The molecule has 1 aliphatic heterocycles. The van der Waals surface area contributed by atoms with E-state index in [1.165, 1.54) is 42.2 Å². The molecular formula is C29H21F3N6O2S. The second-order valence-electron chi connectivity index (χ2n) is 9.28. The Hall–Kier alpha value is -4.71. The summed E-state index contributed by atoms with van der Waals surface area (Å²) >= 11 is 1.34. The fourth-order valence-corrected chi connectivity index (χ4v) is 5.55. The Morgan fingerprint density at radius 1 is 1.00 bits per heavy atom. The highest BCUT2D eigenvalue weighted by molar-refractivity contribution is 8.15. The van der Waals surface area contributed by atoms with E-state index in [0.29, 0.717) is 33.3 Å². The van der Waals surface area contributed by atoms with Crippen LogP contribution in [-0.2, 0) is 4.79 Å². The number of ether oxygens (including phenoxy) is 1. The number of para-hydroxylation sites is 1. The number of hydrogen-bond acceptors (Lipinski definition) is 7. The van der Waals surface area contributed by atoms with Crippen molar-refractivity contribution in [3.05, 3.63) is 89.9 Å². The summed E-state index contributed by atoms with van der Waals surface area (Å²) in [5, 5.41) is 9.86. The molecule has 0 N–H and O–H groups in total. The fraction of sp³-hybridized carbons (Fsp3) is 0.138. The van der Waals surface area contributed by atoms with Crippen molar-refractivity contribution in [2.45, 2.75) is 20.2 Å². The van der Waals surface area contributed by atoms with Crippen molar-refractivity contribution in [3.8, 4) is 11.4 Å². The van der Waals surface area contributed by atoms with Crippen molar-refractivity contribution in [1.82, 2.24) is 14.5 Å². The molecule has 1 saturated heterocycles. The molecule has 0 saturated carbocycles. The predicted octanol–water partition coefficient (Wildman–Crippen LogP) is 6.56. The number of amidine groups is 1. The zero-order valence-electron chi connectivity index (χ0n) is 21.8. The molecule has 5 aromatic rings. The van der Waals surface area contributed by atoms with Crippen molar-refractivity contribution < 1.29 is 22.7 Å². The van der Waals surface area contributed by atoms with Gasteiger partial charge in [0.05, 0.1) is 39.9 Å². The number of amides is 1. The van der Waals surface area contributed by atoms with E-state index in [9.17, 15) is 18.0 Å². The summed E-state index contributed by atoms with van der Waals surface area (Å²) in [7, 11) is 0. The van der Waals surface area contributed by atoms with Gasteiger partial charge in [-0.3, -0.25) is 14.3 Å². The Labute approximate surface area is 236 Å². The van der Waals surface area contributed by atoms with Crippen LogP contribution in [0.3, 0.4) is 0 Å². The summed E-state index contributed by atoms with van der Waals surface area (Å²) in [6.07, 6.45) is -1.61. The molecule has 3 heterocycles. The van der Waals surface area contributed by atoms with E-state index in [1.807, 2.05) is 50.2 Å². The first-order valence-electron chi connectivity index (χ1n) is 12.4. The van der Waals surface area contributed by atoms with Crippen LogP contribution in [0.25, 0.3) is 27.6 Å². The van der Waals surface area contributed by atoms with Crippen LogP contribution >= 0.6 is 11.8 Å². The third-order valence-electron chi connectivity index (χ3n) is 6.52. The molecule has 206 valence electrons. The zero-order valence-corrected chi connectivity index (χ0v) is 22.6. The Bertz CT molecular complexity index is 1840. The van der Waals surface area contributed by atoms with Crippen LogP contribution in [0, 0.1) is 13.8 Å². The topological polar surface area (TPSA) is 85.0 Å². The van der Waals surface area contributed by atoms with Gasteiger partial charge in [-0.1, -0.05) is 30.0 Å². The quantitative estimate of drug-likeness (QED) is 0.175. The van der Waals surface area contributed by atoms with Gasteiger partial charge in [0.2, 0.25) is 5.91 Å². The average molecular weight is 575 g/mol. The van der Waals surface area contributed by atoms with Gasteiger partial charge >= 0.3 is 6.36 Å². The normalized spacial score (nSPS) is 15.2. The number of alkyl halides is 3. The van der Waals surface area contributed by atoms with Gasteiger partial charge in [-0.2, -0.15) is 5.10 Å². The summed E-state index contributed by atoms with van der Waals surface area (Å²) in [4.78, 5) is 23.4. The second kappa shape index (κ2) is 10.4. The lowest BCUT2D eigenvalue weighted by Gasteiger charge is -2.20. The van der Waals surface area contributed by atoms with E-state index in [4.69, 9.17) is 0 Å². The monoisotopic (exact) mass is 574 g/mol. The molecule has 2 aromatic heterocycles. The van der Waals surface area contributed by atoms with Gasteiger partial charge in [-0.25, -0.2) is 9.97 Å². The molecule has 0 aliphatic carbocycles. The van der Waals surface area contributed by atoms with E-state index >= 15 is 0 Å². The number of carbonyl (C=O) groups is 1. The minimum atomic E-state index is -4.75. The molecule has 8 nitrogen and oxygen atoms in total. The Morgan fingerprint density at radius 2 is 1.76 bits per heavy atom. The van der Waals surface area contributed by atoms with Crippen molar-refractivity contribution in [2.75, 3.05) is 10.7 Å². The van der Waals surface area contributed by atoms with Crippen LogP contribution in [-0.4, -0.2) is 43.9 Å². The average Bonchev–Trinajstić information content (AvgIpc) is 3.52. The van der Waals surface area contributed by atoms with Crippen LogP contribution < -0.4 is 9.64 Å². The number of nitrogens with zero attached hydrogens (tertiary/aromatic N) is 6. The Morgan fingerprint density at radius 3 is 2.49 bits per heavy atom. The number of imidazole rings is 1. The van der Waals surface area contributed by atoms with Crippen molar-refractivity contribution in [2.24, 2.45) is 10.2 Å². The van der Waals surface area contributed by atoms with E-state index in [2.05, 4.69) is 24.9 Å². The number of pyridine rings is 1. The summed E-state index contributed by atoms with van der Waals surface area (Å²) in [5.74, 6) is -0.0419. The maximum absolute atomic E-state index is 12.6. The third-order valence-corrected chi connectivity index (χ3v) is 7.43. The van der Waals surface area contributed by atoms with E-state index in [-0.39, 0.29) is 11.7 Å². The molecule has 12 heteroatoms. The van der Waals surface area contributed by atoms with E-state index in [0.717, 1.165) is 27.7 Å². The van der Waals surface area contributed by atoms with Crippen LogP contribution in [0.1, 0.15) is 16.8 Å². The maximum atomic E-state index is 12.6. The zero-order chi connectivity index (χ0) is 28.7. The number of aryl methyl sites for hydroxylation is 2. The SMILES string of the molecule is Cc1cccc(C)c1N1C(=O)CS/C1=N\N=C\c1ccc2c(ccc3c2ncn3-c2ccc(OC(F)(F)F)cc2)n1. The van der Waals surface area contributed by atoms with Crippen molar-refractivity contribution >= 4 is 56.7 Å². The molecule has 6 rings (SSSR count). The van der Waals surface area contributed by atoms with Gasteiger partial charge < -0.3 is 4.74 Å². The first kappa shape index (κ1) is 26.5. The van der Waals surface area contributed by atoms with E-state index < -0.39 is 6.36 Å². The van der Waals surface area contributed by atoms with E-state index in [1.54, 1.807) is 21.9 Å². The molecule has 0 spiro atoms. The maximum Gasteiger partial charge on any atom is 0.573 e. The van der Waals surface area contributed by atoms with Crippen LogP contribution in [0.2, 0.25) is 0 Å². The standard InChI is InChI=1S/C29H21F3N6O2S/c1-17-4-3-5-18(2)27(17)38-25(39)15-41-28(38)36-34-14-19-6-11-22-23(35-19)12-13-24-26(22)33-16-37(24)20-7-9-21(10-8-20)40-29(30,31)32/h3-14,16H,15H2,1-2H3/b34-14+,36-28-. The molecule has 1 amide bonds. The number of carbonyl (C=O) groups excluding carboxylic acids is 1. The minimum Gasteiger partial charge on any atom is -0.406 e. The molecular weight excluding hydrogens is 553 g/mol. The Kier molecular flexibility index (Phi) is 6.70. The summed E-state index contributed by atoms with van der Waals surface area (Å²) in [6.45, 7) is 3.92. The molecule has 0 radical (unpaired) electrons. The lowest BCUT2D eigenvalue weighted by atomic mass is 10.1. The van der Waals surface area contributed by atoms with Crippen molar-refractivity contribution in [1.29, 1.82) is 0 Å². The number of hydrogen-bond donors (Lipinski definition) is 0. The number of anilines is 1. The number of rotatable bonds is 5. The van der Waals surface area contributed by atoms with Crippen LogP contribution in [0.5, 0.6) is 5.75 Å². The number of halogens is 3. The van der Waals surface area contributed by atoms with Gasteiger partial charge in [0.1, 0.15) is 12.1 Å². The van der Waals surface area contributed by atoms with Gasteiger partial charge in [-0.15, -0.1) is 18.3 Å². The first-order valence-corrected chi connectivity index (χ1v) is 13.4. The van der Waals surface area contributed by atoms with Gasteiger partial charge in [0.25, 0.3) is 0 Å². The van der Waals surface area contributed by atoms with Gasteiger partial charge in [-0.05, 0) is 73.5 Å². The smallest absolute Gasteiger partial charge is 0.406 e. The highest BCUT2D eigenvalue weighted by atomic mass is 32.2. The summed E-state index contributed by atoms with van der Waals surface area (Å²) in [6, 6.07) is 18.8. The predicted molar refractivity (Wildman–Crippen MR) is 154 cm³/mol. The van der Waals surface area contributed by atoms with Crippen molar-refractivity contribution in [3.63, 3.8) is 0 Å². The minimum absolute atomic E-state index is 0.0424. The van der Waals surface area contributed by atoms with Crippen LogP contribution in [0.4, 0.5) is 18.9 Å². The lowest BCUT2D eigenvalue weighted by molar-refractivity contribution is -0.274. The highest BCUT2D eigenvalue weighted by Crippen LogP contribution is 2.32. The molecule has 41 heavy (non-hydrogen) atoms. The number of fused-ring (bicyclic) bond motifs is 3. The fourth-order valence-electron chi connectivity index (χ4n) is 4.74. The highest BCUT2D eigenvalue weighted by Gasteiger charge is 2.32. The van der Waals surface area contributed by atoms with Gasteiger partial charge in [0, 0.05) is 11.1 Å². The Balaban J connectivity index is 1.26. The summed E-state index contributed by atoms with van der Waals surface area (Å²) in [5.41, 5.74) is 6.16. The molecule has 0 atom stereocenters. The molecule has 1 fully saturated rings. The number of thioether (sulfide) groups is 1. The summed E-state index contributed by atoms with van der Waals surface area (Å²) < 4.78 is 43.2. The number of aromatic nitrogens is 3. The molecule has 0 bridgehead atoms. The third kappa shape index (κ3) is 5.25. The molecule has 0 unspecified atom stereocenters. The van der Waals surface area contributed by atoms with Gasteiger partial charge in [0.15, 0.2) is 5.17 Å². The lowest BCUT2D eigenvalue weighted by Crippen LogP contribution is -2.30. The van der Waals surface area contributed by atoms with Crippen LogP contribution in [0.15, 0.2) is 83.3 Å². The molecule has 1 aliphatic rings. The number of benzene rings is 3. The first-order chi connectivity index (χ1) is 19.7.